The second-order valence-corrected chi connectivity index (χ2v) is 10.9. The third-order valence-corrected chi connectivity index (χ3v) is 8.31. The summed E-state index contributed by atoms with van der Waals surface area (Å²) in [6.07, 6.45) is 3.91. The number of aryl methyl sites for hydroxylation is 1. The van der Waals surface area contributed by atoms with Crippen molar-refractivity contribution in [3.63, 3.8) is 0 Å². The molecule has 0 spiro atoms. The molecule has 0 amide bonds. The van der Waals surface area contributed by atoms with Gasteiger partial charge in [-0.2, -0.15) is 30.7 Å². The first-order valence-electron chi connectivity index (χ1n) is 13.5. The number of carbonyl (C=O) groups is 1. The molecule has 0 heterocycles. The van der Waals surface area contributed by atoms with E-state index in [-0.39, 0.29) is 23.2 Å². The molecule has 0 atom stereocenters. The van der Waals surface area contributed by atoms with Gasteiger partial charge in [-0.05, 0) is 80.4 Å². The summed E-state index contributed by atoms with van der Waals surface area (Å²) in [6, 6.07) is 5.27. The summed E-state index contributed by atoms with van der Waals surface area (Å²) in [5.74, 6) is -9.46. The van der Waals surface area contributed by atoms with Crippen molar-refractivity contribution in [2.75, 3.05) is 0 Å². The van der Waals surface area contributed by atoms with Crippen LogP contribution in [0.4, 0.5) is 30.7 Å². The molecule has 3 rings (SSSR count). The Morgan fingerprint density at radius 3 is 1.89 bits per heavy atom. The third-order valence-electron chi connectivity index (χ3n) is 8.31. The number of halogens is 7. The van der Waals surface area contributed by atoms with Crippen LogP contribution in [-0.4, -0.2) is 24.0 Å². The maximum Gasteiger partial charge on any atom is 0.459 e. The monoisotopic (exact) mass is 538 g/mol. The zero-order valence-electron chi connectivity index (χ0n) is 21.3. The third kappa shape index (κ3) is 7.62. The quantitative estimate of drug-likeness (QED) is 0.169. The van der Waals surface area contributed by atoms with Crippen LogP contribution in [0.3, 0.4) is 0 Å². The number of rotatable bonds is 10. The summed E-state index contributed by atoms with van der Waals surface area (Å²) in [7, 11) is 0. The lowest BCUT2D eigenvalue weighted by molar-refractivity contribution is -0.355. The van der Waals surface area contributed by atoms with E-state index in [9.17, 15) is 35.5 Å². The van der Waals surface area contributed by atoms with E-state index in [1.807, 2.05) is 0 Å². The minimum absolute atomic E-state index is 0.141. The lowest BCUT2D eigenvalue weighted by Gasteiger charge is -2.37. The molecule has 0 saturated heterocycles. The van der Waals surface area contributed by atoms with Crippen molar-refractivity contribution in [2.24, 2.45) is 23.7 Å². The van der Waals surface area contributed by atoms with Crippen molar-refractivity contribution in [3.8, 4) is 5.75 Å². The fourth-order valence-electron chi connectivity index (χ4n) is 5.86. The Morgan fingerprint density at radius 2 is 1.38 bits per heavy atom. The van der Waals surface area contributed by atoms with Crippen LogP contribution in [0.1, 0.15) is 89.5 Å². The van der Waals surface area contributed by atoms with Crippen molar-refractivity contribution in [1.29, 1.82) is 0 Å². The summed E-state index contributed by atoms with van der Waals surface area (Å²) < 4.78 is 95.4. The molecule has 0 aromatic heterocycles. The summed E-state index contributed by atoms with van der Waals surface area (Å²) >= 11 is 0. The Kier molecular flexibility index (Phi) is 9.95. The van der Waals surface area contributed by atoms with Crippen molar-refractivity contribution in [3.05, 3.63) is 29.8 Å². The molecule has 210 valence electrons. The van der Waals surface area contributed by atoms with Gasteiger partial charge < -0.3 is 4.74 Å². The van der Waals surface area contributed by atoms with Crippen LogP contribution in [0.5, 0.6) is 5.75 Å². The average molecular weight is 539 g/mol. The molecule has 2 fully saturated rings. The van der Waals surface area contributed by atoms with Gasteiger partial charge in [0.15, 0.2) is 0 Å². The second kappa shape index (κ2) is 12.4. The van der Waals surface area contributed by atoms with Crippen molar-refractivity contribution in [1.82, 2.24) is 0 Å². The van der Waals surface area contributed by atoms with Crippen molar-refractivity contribution >= 4 is 5.97 Å². The highest BCUT2D eigenvalue weighted by Crippen LogP contribution is 2.48. The van der Waals surface area contributed by atoms with E-state index in [1.165, 1.54) is 69.2 Å². The molecule has 1 aromatic carbocycles. The molecule has 0 N–H and O–H groups in total. The summed E-state index contributed by atoms with van der Waals surface area (Å²) in [4.78, 5) is 12.6. The number of ether oxygens (including phenoxy) is 1. The minimum atomic E-state index is -6.33. The maximum absolute atomic E-state index is 13.5. The molecule has 2 saturated carbocycles. The number of benzene rings is 1. The van der Waals surface area contributed by atoms with E-state index in [2.05, 4.69) is 6.92 Å². The van der Waals surface area contributed by atoms with Crippen LogP contribution >= 0.6 is 0 Å². The summed E-state index contributed by atoms with van der Waals surface area (Å²) in [5.41, 5.74) is 0.141. The van der Waals surface area contributed by atoms with Crippen molar-refractivity contribution in [2.45, 2.75) is 108 Å². The predicted molar refractivity (Wildman–Crippen MR) is 127 cm³/mol. The highest BCUT2D eigenvalue weighted by Gasteiger charge is 2.72. The number of esters is 1. The highest BCUT2D eigenvalue weighted by atomic mass is 19.4. The first-order valence-corrected chi connectivity index (χ1v) is 13.5. The van der Waals surface area contributed by atoms with Crippen LogP contribution in [0.2, 0.25) is 0 Å². The molecule has 1 aromatic rings. The molecule has 2 nitrogen and oxygen atoms in total. The fourth-order valence-corrected chi connectivity index (χ4v) is 5.86. The van der Waals surface area contributed by atoms with Gasteiger partial charge in [-0.3, -0.25) is 4.79 Å². The molecule has 0 aliphatic heterocycles. The zero-order chi connectivity index (χ0) is 27.3. The van der Waals surface area contributed by atoms with Gasteiger partial charge in [-0.15, -0.1) is 0 Å². The molecular formula is C28H37F7O2. The zero-order valence-corrected chi connectivity index (χ0v) is 21.3. The first kappa shape index (κ1) is 29.8. The normalized spacial score (nSPS) is 25.6. The van der Waals surface area contributed by atoms with E-state index >= 15 is 0 Å². The molecule has 2 aliphatic rings. The molecule has 0 unspecified atom stereocenters. The van der Waals surface area contributed by atoms with Gasteiger partial charge in [0.2, 0.25) is 0 Å². The van der Waals surface area contributed by atoms with Gasteiger partial charge in [0.1, 0.15) is 5.75 Å². The Labute approximate surface area is 214 Å². The first-order chi connectivity index (χ1) is 17.3. The van der Waals surface area contributed by atoms with Gasteiger partial charge in [0.25, 0.3) is 0 Å². The molecule has 37 heavy (non-hydrogen) atoms. The minimum Gasteiger partial charge on any atom is -0.426 e. The van der Waals surface area contributed by atoms with Crippen LogP contribution in [0.15, 0.2) is 24.3 Å². The Hall–Kier alpha value is -1.80. The van der Waals surface area contributed by atoms with E-state index in [0.717, 1.165) is 37.5 Å². The molecule has 2 aliphatic carbocycles. The second-order valence-electron chi connectivity index (χ2n) is 10.9. The average Bonchev–Trinajstić information content (AvgIpc) is 2.86. The summed E-state index contributed by atoms with van der Waals surface area (Å²) in [6.45, 7) is 2.23. The van der Waals surface area contributed by atoms with Gasteiger partial charge in [-0.1, -0.05) is 51.2 Å². The number of alkyl halides is 7. The fraction of sp³-hybridized carbons (Fsp3) is 0.750. The number of hydrogen-bond acceptors (Lipinski definition) is 2. The van der Waals surface area contributed by atoms with Gasteiger partial charge in [0, 0.05) is 6.42 Å². The lowest BCUT2D eigenvalue weighted by atomic mass is 9.68. The van der Waals surface area contributed by atoms with Gasteiger partial charge in [0.05, 0.1) is 5.92 Å². The van der Waals surface area contributed by atoms with Crippen LogP contribution in [-0.2, 0) is 11.2 Å². The number of carbonyl (C=O) groups excluding carboxylic acids is 1. The lowest BCUT2D eigenvalue weighted by Crippen LogP contribution is -2.52. The van der Waals surface area contributed by atoms with Crippen LogP contribution in [0, 0.1) is 23.7 Å². The molecule has 9 heteroatoms. The molecule has 0 radical (unpaired) electrons. The van der Waals surface area contributed by atoms with E-state index in [4.69, 9.17) is 4.74 Å². The van der Waals surface area contributed by atoms with Gasteiger partial charge >= 0.3 is 24.0 Å². The number of unbranched alkanes of at least 4 members (excludes halogenated alkanes) is 1. The van der Waals surface area contributed by atoms with E-state index < -0.39 is 30.9 Å². The van der Waals surface area contributed by atoms with Crippen molar-refractivity contribution < 1.29 is 40.3 Å². The maximum atomic E-state index is 13.5. The Bertz CT molecular complexity index is 850. The van der Waals surface area contributed by atoms with E-state index in [0.29, 0.717) is 5.92 Å². The molecule has 0 bridgehead atoms. The smallest absolute Gasteiger partial charge is 0.426 e. The Balaban J connectivity index is 1.42. The SMILES string of the molecule is CCCCC1CCC(C2CCC(C(=O)Oc3ccc(CCC(F)(F)C(F)(F)C(F)(F)F)cc3)CC2)CC1. The topological polar surface area (TPSA) is 26.3 Å². The van der Waals surface area contributed by atoms with Crippen LogP contribution < -0.4 is 4.74 Å². The highest BCUT2D eigenvalue weighted by molar-refractivity contribution is 5.75. The van der Waals surface area contributed by atoms with Gasteiger partial charge in [-0.25, -0.2) is 0 Å². The number of hydrogen-bond donors (Lipinski definition) is 0. The largest absolute Gasteiger partial charge is 0.459 e. The summed E-state index contributed by atoms with van der Waals surface area (Å²) in [5, 5.41) is 0. The van der Waals surface area contributed by atoms with Crippen LogP contribution in [0.25, 0.3) is 0 Å². The standard InChI is InChI=1S/C28H37F7O2/c1-2-3-4-19-5-9-21(10-6-19)22-11-13-23(14-12-22)25(36)37-24-15-7-20(8-16-24)17-18-26(29,30)27(31,32)28(33,34)35/h7-8,15-16,19,21-23H,2-6,9-14,17-18H2,1H3. The Morgan fingerprint density at radius 1 is 0.838 bits per heavy atom. The predicted octanol–water partition coefficient (Wildman–Crippen LogP) is 9.16. The van der Waals surface area contributed by atoms with E-state index in [1.54, 1.807) is 0 Å². The molecular weight excluding hydrogens is 501 g/mol.